The number of benzene rings is 1. The molecule has 1 saturated heterocycles. The van der Waals surface area contributed by atoms with E-state index in [-0.39, 0.29) is 12.0 Å². The molecule has 1 aromatic carbocycles. The number of piperazine rings is 1. The number of anilines is 2. The first-order valence-electron chi connectivity index (χ1n) is 11.6. The molecule has 1 N–H and O–H groups in total. The summed E-state index contributed by atoms with van der Waals surface area (Å²) >= 11 is 0. The fourth-order valence-electron chi connectivity index (χ4n) is 3.87. The summed E-state index contributed by atoms with van der Waals surface area (Å²) in [5.74, 6) is 0.524. The van der Waals surface area contributed by atoms with Crippen LogP contribution < -0.4 is 10.2 Å². The number of amides is 2. The van der Waals surface area contributed by atoms with Gasteiger partial charge in [-0.3, -0.25) is 9.48 Å². The number of hydrogen-bond acceptors (Lipinski definition) is 7. The van der Waals surface area contributed by atoms with Crippen LogP contribution in [0.15, 0.2) is 54.7 Å². The molecule has 184 valence electrons. The van der Waals surface area contributed by atoms with Gasteiger partial charge in [0.25, 0.3) is 5.91 Å². The van der Waals surface area contributed by atoms with Crippen LogP contribution in [-0.4, -0.2) is 78.2 Å². The zero-order chi connectivity index (χ0) is 24.6. The monoisotopic (exact) mass is 478 g/mol. The Morgan fingerprint density at radius 2 is 1.83 bits per heavy atom. The fourth-order valence-corrected chi connectivity index (χ4v) is 3.87. The summed E-state index contributed by atoms with van der Waals surface area (Å²) in [6.07, 6.45) is 1.36. The van der Waals surface area contributed by atoms with Crippen molar-refractivity contribution in [1.29, 1.82) is 0 Å². The van der Waals surface area contributed by atoms with Gasteiger partial charge in [0, 0.05) is 38.9 Å². The second-order valence-electron chi connectivity index (χ2n) is 8.03. The Kier molecular flexibility index (Phi) is 7.94. The van der Waals surface area contributed by atoms with E-state index in [2.05, 4.69) is 20.3 Å². The molecule has 1 aliphatic heterocycles. The minimum Gasteiger partial charge on any atom is -0.450 e. The highest BCUT2D eigenvalue weighted by Gasteiger charge is 2.23. The molecule has 3 heterocycles. The maximum atomic E-state index is 13.1. The SMILES string of the molecule is CCOC(=O)N1CCN(c2ccc(NC(=O)c3cc(-c4ccccc4)nn3CCOC)cn2)CC1. The molecule has 0 unspecified atom stereocenters. The van der Waals surface area contributed by atoms with Crippen LogP contribution >= 0.6 is 0 Å². The Bertz CT molecular complexity index is 1120. The number of methoxy groups -OCH3 is 1. The van der Waals surface area contributed by atoms with E-state index in [0.29, 0.717) is 57.3 Å². The summed E-state index contributed by atoms with van der Waals surface area (Å²) in [6, 6.07) is 15.2. The molecule has 10 heteroatoms. The largest absolute Gasteiger partial charge is 0.450 e. The van der Waals surface area contributed by atoms with E-state index >= 15 is 0 Å². The van der Waals surface area contributed by atoms with Crippen LogP contribution in [0.1, 0.15) is 17.4 Å². The maximum absolute atomic E-state index is 13.1. The van der Waals surface area contributed by atoms with Crippen LogP contribution in [0.25, 0.3) is 11.3 Å². The zero-order valence-corrected chi connectivity index (χ0v) is 20.0. The molecule has 0 spiro atoms. The number of aromatic nitrogens is 3. The molecule has 35 heavy (non-hydrogen) atoms. The number of rotatable bonds is 8. The zero-order valence-electron chi connectivity index (χ0n) is 20.0. The lowest BCUT2D eigenvalue weighted by Gasteiger charge is -2.34. The van der Waals surface area contributed by atoms with Crippen molar-refractivity contribution < 1.29 is 19.1 Å². The lowest BCUT2D eigenvalue weighted by molar-refractivity contribution is 0.101. The molecule has 0 atom stereocenters. The Labute approximate surface area is 204 Å². The third-order valence-corrected chi connectivity index (χ3v) is 5.72. The Morgan fingerprint density at radius 3 is 2.49 bits per heavy atom. The van der Waals surface area contributed by atoms with Crippen molar-refractivity contribution in [3.63, 3.8) is 0 Å². The van der Waals surface area contributed by atoms with Crippen LogP contribution in [-0.2, 0) is 16.0 Å². The van der Waals surface area contributed by atoms with Crippen LogP contribution in [0, 0.1) is 0 Å². The van der Waals surface area contributed by atoms with Gasteiger partial charge in [0.15, 0.2) is 0 Å². The van der Waals surface area contributed by atoms with Crippen molar-refractivity contribution in [1.82, 2.24) is 19.7 Å². The summed E-state index contributed by atoms with van der Waals surface area (Å²) in [5.41, 5.74) is 2.69. The quantitative estimate of drug-likeness (QED) is 0.531. The number of nitrogens with one attached hydrogen (secondary N) is 1. The molecule has 1 fully saturated rings. The van der Waals surface area contributed by atoms with Gasteiger partial charge in [0.2, 0.25) is 0 Å². The lowest BCUT2D eigenvalue weighted by Crippen LogP contribution is -2.49. The standard InChI is InChI=1S/C25H30N6O4/c1-3-35-25(33)30-13-11-29(12-14-30)23-10-9-20(18-26-23)27-24(32)22-17-21(19-7-5-4-6-8-19)28-31(22)15-16-34-2/h4-10,17-18H,3,11-16H2,1-2H3,(H,27,32). The molecular formula is C25H30N6O4. The first-order valence-corrected chi connectivity index (χ1v) is 11.6. The second kappa shape index (κ2) is 11.5. The van der Waals surface area contributed by atoms with Gasteiger partial charge in [-0.15, -0.1) is 0 Å². The predicted molar refractivity (Wildman–Crippen MR) is 133 cm³/mol. The van der Waals surface area contributed by atoms with Crippen LogP contribution in [0.4, 0.5) is 16.3 Å². The van der Waals surface area contributed by atoms with E-state index in [1.165, 1.54) is 0 Å². The number of nitrogens with zero attached hydrogens (tertiary/aromatic N) is 5. The number of carbonyl (C=O) groups excluding carboxylic acids is 2. The fraction of sp³-hybridized carbons (Fsp3) is 0.360. The van der Waals surface area contributed by atoms with Gasteiger partial charge in [0.05, 0.1) is 37.3 Å². The molecule has 0 aliphatic carbocycles. The number of ether oxygens (including phenoxy) is 2. The van der Waals surface area contributed by atoms with Crippen molar-refractivity contribution in [2.24, 2.45) is 0 Å². The van der Waals surface area contributed by atoms with Crippen molar-refractivity contribution in [2.45, 2.75) is 13.5 Å². The van der Waals surface area contributed by atoms with Gasteiger partial charge >= 0.3 is 6.09 Å². The predicted octanol–water partition coefficient (Wildman–Crippen LogP) is 3.12. The average molecular weight is 479 g/mol. The highest BCUT2D eigenvalue weighted by molar-refractivity contribution is 6.03. The van der Waals surface area contributed by atoms with Gasteiger partial charge in [-0.25, -0.2) is 9.78 Å². The van der Waals surface area contributed by atoms with Gasteiger partial charge in [-0.05, 0) is 25.1 Å². The van der Waals surface area contributed by atoms with Gasteiger partial charge < -0.3 is 24.6 Å². The van der Waals surface area contributed by atoms with Crippen LogP contribution in [0.5, 0.6) is 0 Å². The highest BCUT2D eigenvalue weighted by Crippen LogP contribution is 2.21. The van der Waals surface area contributed by atoms with Crippen molar-refractivity contribution in [3.05, 3.63) is 60.4 Å². The molecule has 0 saturated carbocycles. The first-order chi connectivity index (χ1) is 17.1. The van der Waals surface area contributed by atoms with E-state index in [1.807, 2.05) is 42.5 Å². The third kappa shape index (κ3) is 5.96. The second-order valence-corrected chi connectivity index (χ2v) is 8.03. The van der Waals surface area contributed by atoms with E-state index in [9.17, 15) is 9.59 Å². The topological polar surface area (TPSA) is 102 Å². The molecule has 1 aliphatic rings. The number of carbonyl (C=O) groups is 2. The normalized spacial score (nSPS) is 13.5. The molecule has 2 aromatic heterocycles. The smallest absolute Gasteiger partial charge is 0.409 e. The van der Waals surface area contributed by atoms with Gasteiger partial charge in [-0.1, -0.05) is 30.3 Å². The summed E-state index contributed by atoms with van der Waals surface area (Å²) in [5, 5.41) is 7.52. The minimum absolute atomic E-state index is 0.270. The highest BCUT2D eigenvalue weighted by atomic mass is 16.6. The van der Waals surface area contributed by atoms with E-state index < -0.39 is 0 Å². The van der Waals surface area contributed by atoms with Crippen molar-refractivity contribution in [2.75, 3.05) is 56.7 Å². The molecule has 2 amide bonds. The number of hydrogen-bond donors (Lipinski definition) is 1. The first kappa shape index (κ1) is 24.2. The molecule has 4 rings (SSSR count). The Balaban J connectivity index is 1.41. The minimum atomic E-state index is -0.279. The summed E-state index contributed by atoms with van der Waals surface area (Å²) in [6.45, 7) is 5.55. The van der Waals surface area contributed by atoms with Gasteiger partial charge in [-0.2, -0.15) is 5.10 Å². The summed E-state index contributed by atoms with van der Waals surface area (Å²) in [4.78, 5) is 33.3. The van der Waals surface area contributed by atoms with Crippen LogP contribution in [0.2, 0.25) is 0 Å². The lowest BCUT2D eigenvalue weighted by atomic mass is 10.1. The molecule has 0 bridgehead atoms. The van der Waals surface area contributed by atoms with E-state index in [0.717, 1.165) is 17.1 Å². The van der Waals surface area contributed by atoms with Crippen molar-refractivity contribution >= 4 is 23.5 Å². The molecule has 10 nitrogen and oxygen atoms in total. The molecule has 3 aromatic rings. The Morgan fingerprint density at radius 1 is 1.06 bits per heavy atom. The molecular weight excluding hydrogens is 448 g/mol. The Hall–Kier alpha value is -3.92. The third-order valence-electron chi connectivity index (χ3n) is 5.72. The average Bonchev–Trinajstić information content (AvgIpc) is 3.33. The van der Waals surface area contributed by atoms with Crippen molar-refractivity contribution in [3.8, 4) is 11.3 Å². The summed E-state index contributed by atoms with van der Waals surface area (Å²) < 4.78 is 11.9. The van der Waals surface area contributed by atoms with Crippen LogP contribution in [0.3, 0.4) is 0 Å². The maximum Gasteiger partial charge on any atom is 0.409 e. The van der Waals surface area contributed by atoms with E-state index in [1.54, 1.807) is 35.9 Å². The molecule has 0 radical (unpaired) electrons. The summed E-state index contributed by atoms with van der Waals surface area (Å²) in [7, 11) is 1.62. The van der Waals surface area contributed by atoms with E-state index in [4.69, 9.17) is 9.47 Å². The number of pyridine rings is 1. The van der Waals surface area contributed by atoms with Gasteiger partial charge in [0.1, 0.15) is 11.5 Å².